The average molecular weight is 609 g/mol. The highest BCUT2D eigenvalue weighted by Crippen LogP contribution is 2.11. The monoisotopic (exact) mass is 608 g/mol. The predicted molar refractivity (Wildman–Crippen MR) is 168 cm³/mol. The molecule has 0 saturated heterocycles. The second-order valence-corrected chi connectivity index (χ2v) is 11.5. The summed E-state index contributed by atoms with van der Waals surface area (Å²) in [5.74, 6) is 0. The minimum atomic E-state index is -0.0413. The van der Waals surface area contributed by atoms with Gasteiger partial charge in [0, 0.05) is 6.61 Å². The molecule has 0 aromatic carbocycles. The Morgan fingerprint density at radius 3 is 1.24 bits per heavy atom. The minimum absolute atomic E-state index is 0.0100. The zero-order chi connectivity index (χ0) is 31.1. The van der Waals surface area contributed by atoms with Gasteiger partial charge in [0.1, 0.15) is 0 Å². The number of rotatable bonds is 34. The fourth-order valence-electron chi connectivity index (χ4n) is 4.08. The van der Waals surface area contributed by atoms with Crippen LogP contribution in [0, 0.1) is 0 Å². The predicted octanol–water partition coefficient (Wildman–Crippen LogP) is 5.97. The number of unbranched alkanes of at least 4 members (excludes halogenated alkanes) is 9. The minimum Gasteiger partial charge on any atom is -0.394 e. The first-order valence-electron chi connectivity index (χ1n) is 16.8. The van der Waals surface area contributed by atoms with E-state index in [1.54, 1.807) is 0 Å². The third kappa shape index (κ3) is 31.1. The van der Waals surface area contributed by atoms with Crippen LogP contribution in [0.25, 0.3) is 0 Å². The molecule has 9 nitrogen and oxygen atoms in total. The van der Waals surface area contributed by atoms with Crippen LogP contribution < -0.4 is 0 Å². The van der Waals surface area contributed by atoms with Gasteiger partial charge in [-0.1, -0.05) is 64.7 Å². The number of aliphatic hydroxyl groups excluding tert-OH is 1. The van der Waals surface area contributed by atoms with E-state index in [4.69, 9.17) is 43.0 Å². The van der Waals surface area contributed by atoms with Crippen molar-refractivity contribution in [1.82, 2.24) is 0 Å². The molecule has 0 radical (unpaired) electrons. The lowest BCUT2D eigenvalue weighted by Crippen LogP contribution is -2.29. The fraction of sp³-hybridized carbons (Fsp3) is 1.00. The van der Waals surface area contributed by atoms with E-state index in [-0.39, 0.29) is 37.1 Å². The van der Waals surface area contributed by atoms with Crippen LogP contribution in [-0.4, -0.2) is 115 Å². The molecule has 0 aliphatic carbocycles. The van der Waals surface area contributed by atoms with Gasteiger partial charge in [-0.2, -0.15) is 0 Å². The van der Waals surface area contributed by atoms with Crippen LogP contribution in [0.5, 0.6) is 0 Å². The van der Waals surface area contributed by atoms with Crippen molar-refractivity contribution in [3.05, 3.63) is 0 Å². The lowest BCUT2D eigenvalue weighted by atomic mass is 10.1. The molecule has 0 aromatic heterocycles. The van der Waals surface area contributed by atoms with Crippen LogP contribution in [0.2, 0.25) is 0 Å². The molecular formula is C33H68O9. The Kier molecular flexibility index (Phi) is 31.8. The highest BCUT2D eigenvalue weighted by atomic mass is 16.6. The number of hydrogen-bond acceptors (Lipinski definition) is 9. The summed E-state index contributed by atoms with van der Waals surface area (Å²) in [5, 5.41) is 8.64. The molecule has 0 aromatic rings. The van der Waals surface area contributed by atoms with Crippen molar-refractivity contribution in [2.75, 3.05) is 79.3 Å². The molecule has 5 atom stereocenters. The molecule has 0 spiro atoms. The van der Waals surface area contributed by atoms with Gasteiger partial charge >= 0.3 is 0 Å². The van der Waals surface area contributed by atoms with E-state index in [2.05, 4.69) is 13.8 Å². The Labute approximate surface area is 258 Å². The van der Waals surface area contributed by atoms with E-state index in [1.165, 1.54) is 57.8 Å². The van der Waals surface area contributed by atoms with Gasteiger partial charge in [0.25, 0.3) is 0 Å². The molecule has 0 rings (SSSR count). The fourth-order valence-corrected chi connectivity index (χ4v) is 4.08. The standard InChI is InChI=1S/C33H68O9/c1-7-8-9-10-11-12-13-14-15-16-18-37-24-29(2)39-26-31(4)41-28-33(6)42-27-32(5)40-25-30(3)38-23-22-36-21-20-35-19-17-34/h29-34H,7-28H2,1-6H3. The topological polar surface area (TPSA) is 94.1 Å². The molecule has 5 unspecified atom stereocenters. The molecule has 254 valence electrons. The van der Waals surface area contributed by atoms with Gasteiger partial charge in [0.15, 0.2) is 0 Å². The highest BCUT2D eigenvalue weighted by Gasteiger charge is 2.13. The highest BCUT2D eigenvalue weighted by molar-refractivity contribution is 4.58. The van der Waals surface area contributed by atoms with Crippen molar-refractivity contribution in [3.8, 4) is 0 Å². The van der Waals surface area contributed by atoms with Crippen LogP contribution in [0.1, 0.15) is 106 Å². The van der Waals surface area contributed by atoms with Crippen LogP contribution in [-0.2, 0) is 37.9 Å². The second kappa shape index (κ2) is 32.0. The lowest BCUT2D eigenvalue weighted by Gasteiger charge is -2.22. The van der Waals surface area contributed by atoms with E-state index in [1.807, 2.05) is 27.7 Å². The van der Waals surface area contributed by atoms with E-state index in [9.17, 15) is 0 Å². The summed E-state index contributed by atoms with van der Waals surface area (Å²) in [6, 6.07) is 0. The number of ether oxygens (including phenoxy) is 8. The summed E-state index contributed by atoms with van der Waals surface area (Å²) in [6.45, 7) is 18.1. The maximum absolute atomic E-state index is 8.64. The van der Waals surface area contributed by atoms with Crippen LogP contribution in [0.3, 0.4) is 0 Å². The summed E-state index contributed by atoms with van der Waals surface area (Å²) >= 11 is 0. The quantitative estimate of drug-likeness (QED) is 0.0886. The zero-order valence-electron chi connectivity index (χ0n) is 28.2. The Balaban J connectivity index is 3.59. The smallest absolute Gasteiger partial charge is 0.0781 e. The van der Waals surface area contributed by atoms with E-state index >= 15 is 0 Å². The van der Waals surface area contributed by atoms with Gasteiger partial charge in [0.2, 0.25) is 0 Å². The molecule has 0 aliphatic rings. The van der Waals surface area contributed by atoms with Gasteiger partial charge < -0.3 is 43.0 Å². The average Bonchev–Trinajstić information content (AvgIpc) is 2.98. The van der Waals surface area contributed by atoms with Crippen molar-refractivity contribution in [3.63, 3.8) is 0 Å². The summed E-state index contributed by atoms with van der Waals surface area (Å²) in [4.78, 5) is 0. The molecule has 0 fully saturated rings. The lowest BCUT2D eigenvalue weighted by molar-refractivity contribution is -0.101. The van der Waals surface area contributed by atoms with E-state index in [0.717, 1.165) is 13.0 Å². The maximum Gasteiger partial charge on any atom is 0.0781 e. The summed E-state index contributed by atoms with van der Waals surface area (Å²) in [7, 11) is 0. The number of aliphatic hydroxyl groups is 1. The van der Waals surface area contributed by atoms with Gasteiger partial charge in [-0.25, -0.2) is 0 Å². The van der Waals surface area contributed by atoms with Crippen LogP contribution in [0.15, 0.2) is 0 Å². The summed E-state index contributed by atoms with van der Waals surface area (Å²) in [6.07, 6.45) is 13.3. The molecule has 0 bridgehead atoms. The van der Waals surface area contributed by atoms with Crippen molar-refractivity contribution in [2.24, 2.45) is 0 Å². The largest absolute Gasteiger partial charge is 0.394 e. The van der Waals surface area contributed by atoms with Crippen molar-refractivity contribution in [2.45, 2.75) is 136 Å². The van der Waals surface area contributed by atoms with E-state index < -0.39 is 0 Å². The van der Waals surface area contributed by atoms with E-state index in [0.29, 0.717) is 66.1 Å². The van der Waals surface area contributed by atoms with Crippen molar-refractivity contribution < 1.29 is 43.0 Å². The van der Waals surface area contributed by atoms with Gasteiger partial charge in [-0.15, -0.1) is 0 Å². The van der Waals surface area contributed by atoms with Gasteiger partial charge in [-0.05, 0) is 41.0 Å². The molecule has 1 N–H and O–H groups in total. The normalized spacial score (nSPS) is 15.5. The van der Waals surface area contributed by atoms with Crippen LogP contribution >= 0.6 is 0 Å². The molecule has 0 amide bonds. The Morgan fingerprint density at radius 2 is 0.762 bits per heavy atom. The Hall–Kier alpha value is -0.360. The van der Waals surface area contributed by atoms with Crippen LogP contribution in [0.4, 0.5) is 0 Å². The third-order valence-corrected chi connectivity index (χ3v) is 6.69. The zero-order valence-corrected chi connectivity index (χ0v) is 28.2. The maximum atomic E-state index is 8.64. The first kappa shape index (κ1) is 41.6. The van der Waals surface area contributed by atoms with Gasteiger partial charge in [0.05, 0.1) is 103 Å². The Bertz CT molecular complexity index is 526. The second-order valence-electron chi connectivity index (χ2n) is 11.5. The summed E-state index contributed by atoms with van der Waals surface area (Å²) in [5.41, 5.74) is 0. The van der Waals surface area contributed by atoms with Gasteiger partial charge in [-0.3, -0.25) is 0 Å². The van der Waals surface area contributed by atoms with Crippen molar-refractivity contribution in [1.29, 1.82) is 0 Å². The van der Waals surface area contributed by atoms with Crippen molar-refractivity contribution >= 4 is 0 Å². The molecule has 42 heavy (non-hydrogen) atoms. The molecule has 0 saturated carbocycles. The SMILES string of the molecule is CCCCCCCCCCCCOCC(C)OCC(C)OCC(C)OCC(C)OCC(C)OCCOCCOCCO. The molecule has 0 aliphatic heterocycles. The first-order chi connectivity index (χ1) is 20.4. The molecular weight excluding hydrogens is 540 g/mol. The number of hydrogen-bond donors (Lipinski definition) is 1. The third-order valence-electron chi connectivity index (χ3n) is 6.69. The summed E-state index contributed by atoms with van der Waals surface area (Å²) < 4.78 is 45.6. The Morgan fingerprint density at radius 1 is 0.381 bits per heavy atom. The molecule has 9 heteroatoms. The first-order valence-corrected chi connectivity index (χ1v) is 16.8. The molecule has 0 heterocycles.